The van der Waals surface area contributed by atoms with Gasteiger partial charge in [0.25, 0.3) is 5.91 Å². The minimum atomic E-state index is -0.766. The number of carboxylic acids is 1. The maximum absolute atomic E-state index is 15.3. The Morgan fingerprint density at radius 3 is 2.60 bits per heavy atom. The highest BCUT2D eigenvalue weighted by atomic mass is 35.5. The Labute approximate surface area is 254 Å². The molecule has 2 amide bonds. The molecule has 1 aromatic heterocycles. The Morgan fingerprint density at radius 1 is 1.14 bits per heavy atom. The molecule has 5 rings (SSSR count). The number of methoxy groups -OCH3 is 1. The van der Waals surface area contributed by atoms with Gasteiger partial charge in [0.05, 0.1) is 53.9 Å². The van der Waals surface area contributed by atoms with E-state index in [-0.39, 0.29) is 58.3 Å². The van der Waals surface area contributed by atoms with E-state index in [1.54, 1.807) is 35.9 Å². The van der Waals surface area contributed by atoms with Crippen molar-refractivity contribution in [3.05, 3.63) is 58.5 Å². The number of hydrogen-bond donors (Lipinski definition) is 2. The summed E-state index contributed by atoms with van der Waals surface area (Å²) in [6, 6.07) is 9.58. The van der Waals surface area contributed by atoms with Gasteiger partial charge in [-0.2, -0.15) is 5.10 Å². The van der Waals surface area contributed by atoms with Gasteiger partial charge < -0.3 is 24.8 Å². The molecule has 2 N–H and O–H groups in total. The number of nitrogens with zero attached hydrogens (tertiary/aromatic N) is 3. The highest BCUT2D eigenvalue weighted by molar-refractivity contribution is 6.34. The standard InChI is InChI=1S/C31H36ClFN4O6/c1-36-27-6-4-3-5-23(27)29(35-36)30(39)34-26-14-25(33)20(12-24(26)32)13-28(38)37-15-18(16-42-2)11-21(37)17-43-22-9-7-19(8-10-22)31(40)41/h3-6,12,14,18-19,21-22H,7-11,13,15-17H2,1-2H3,(H,34,39)(H,40,41)/t18-,19-,21-,22-/m0/s1. The van der Waals surface area contributed by atoms with E-state index >= 15 is 4.39 Å². The number of likely N-dealkylation sites (tertiary alicyclic amines) is 1. The van der Waals surface area contributed by atoms with Crippen LogP contribution in [0.3, 0.4) is 0 Å². The van der Waals surface area contributed by atoms with Gasteiger partial charge in [0, 0.05) is 32.0 Å². The van der Waals surface area contributed by atoms with Crippen LogP contribution in [0.1, 0.15) is 48.2 Å². The quantitative estimate of drug-likeness (QED) is 0.340. The van der Waals surface area contributed by atoms with Crippen molar-refractivity contribution in [3.8, 4) is 0 Å². The van der Waals surface area contributed by atoms with Crippen LogP contribution in [0.4, 0.5) is 10.1 Å². The highest BCUT2D eigenvalue weighted by Gasteiger charge is 2.36. The molecule has 12 heteroatoms. The first-order chi connectivity index (χ1) is 20.6. The van der Waals surface area contributed by atoms with Crippen molar-refractivity contribution in [2.24, 2.45) is 18.9 Å². The minimum absolute atomic E-state index is 0.0443. The topological polar surface area (TPSA) is 123 Å². The Kier molecular flexibility index (Phi) is 9.63. The summed E-state index contributed by atoms with van der Waals surface area (Å²) < 4.78 is 28.3. The van der Waals surface area contributed by atoms with Crippen LogP contribution in [0, 0.1) is 17.7 Å². The molecule has 0 radical (unpaired) electrons. The second-order valence-electron chi connectivity index (χ2n) is 11.4. The number of aryl methyl sites for hydroxylation is 1. The van der Waals surface area contributed by atoms with Gasteiger partial charge in [-0.1, -0.05) is 29.8 Å². The number of fused-ring (bicyclic) bond motifs is 1. The molecule has 0 spiro atoms. The molecule has 1 saturated carbocycles. The average Bonchev–Trinajstić information content (AvgIpc) is 3.55. The van der Waals surface area contributed by atoms with Crippen LogP contribution >= 0.6 is 11.6 Å². The van der Waals surface area contributed by atoms with E-state index in [0.29, 0.717) is 57.2 Å². The van der Waals surface area contributed by atoms with Crippen LogP contribution < -0.4 is 5.32 Å². The van der Waals surface area contributed by atoms with E-state index in [9.17, 15) is 19.5 Å². The van der Waals surface area contributed by atoms with Crippen molar-refractivity contribution in [2.75, 3.05) is 32.2 Å². The number of carbonyl (C=O) groups is 3. The van der Waals surface area contributed by atoms with Crippen molar-refractivity contribution in [1.29, 1.82) is 0 Å². The number of carboxylic acid groups (broad SMARTS) is 1. The van der Waals surface area contributed by atoms with E-state index in [2.05, 4.69) is 10.4 Å². The van der Waals surface area contributed by atoms with Crippen molar-refractivity contribution in [2.45, 2.75) is 50.7 Å². The van der Waals surface area contributed by atoms with E-state index < -0.39 is 17.7 Å². The van der Waals surface area contributed by atoms with E-state index in [0.717, 1.165) is 11.6 Å². The number of para-hydroxylation sites is 1. The lowest BCUT2D eigenvalue weighted by atomic mass is 9.87. The molecular weight excluding hydrogens is 579 g/mol. The lowest BCUT2D eigenvalue weighted by molar-refractivity contribution is -0.144. The number of aliphatic carboxylic acids is 1. The zero-order valence-corrected chi connectivity index (χ0v) is 25.0. The highest BCUT2D eigenvalue weighted by Crippen LogP contribution is 2.31. The maximum atomic E-state index is 15.3. The van der Waals surface area contributed by atoms with Gasteiger partial charge in [0.2, 0.25) is 5.91 Å². The molecule has 1 saturated heterocycles. The molecule has 3 aromatic rings. The molecule has 0 bridgehead atoms. The molecular formula is C31H36ClFN4O6. The number of hydrogen-bond acceptors (Lipinski definition) is 6. The van der Waals surface area contributed by atoms with Gasteiger partial charge in [0.1, 0.15) is 5.82 Å². The third-order valence-corrected chi connectivity index (χ3v) is 8.78. The van der Waals surface area contributed by atoms with Gasteiger partial charge in [0.15, 0.2) is 5.69 Å². The lowest BCUT2D eigenvalue weighted by Crippen LogP contribution is -2.40. The second kappa shape index (κ2) is 13.4. The van der Waals surface area contributed by atoms with Gasteiger partial charge >= 0.3 is 5.97 Å². The van der Waals surface area contributed by atoms with Crippen molar-refractivity contribution >= 4 is 46.0 Å². The number of benzene rings is 2. The van der Waals surface area contributed by atoms with Crippen LogP contribution in [0.25, 0.3) is 10.9 Å². The molecule has 230 valence electrons. The first kappa shape index (κ1) is 30.9. The van der Waals surface area contributed by atoms with Crippen LogP contribution in [0.15, 0.2) is 36.4 Å². The number of nitrogens with one attached hydrogen (secondary N) is 1. The number of aromatic nitrogens is 2. The fourth-order valence-corrected chi connectivity index (χ4v) is 6.44. The fourth-order valence-electron chi connectivity index (χ4n) is 6.20. The summed E-state index contributed by atoms with van der Waals surface area (Å²) in [4.78, 5) is 39.4. The Balaban J connectivity index is 1.24. The monoisotopic (exact) mass is 614 g/mol. The molecule has 1 aliphatic carbocycles. The van der Waals surface area contributed by atoms with Gasteiger partial charge in [-0.05, 0) is 55.9 Å². The summed E-state index contributed by atoms with van der Waals surface area (Å²) >= 11 is 6.45. The SMILES string of the molecule is COC[C@H]1C[C@@H](CO[C@H]2CC[C@H](C(=O)O)CC2)N(C(=O)Cc2cc(Cl)c(NC(=O)c3nn(C)c4ccccc34)cc2F)C1. The van der Waals surface area contributed by atoms with E-state index in [1.165, 1.54) is 6.07 Å². The molecule has 2 atom stereocenters. The van der Waals surface area contributed by atoms with Crippen LogP contribution in [-0.2, 0) is 32.5 Å². The molecule has 2 aliphatic rings. The summed E-state index contributed by atoms with van der Waals surface area (Å²) in [6.07, 6.45) is 2.94. The lowest BCUT2D eigenvalue weighted by Gasteiger charge is -2.30. The van der Waals surface area contributed by atoms with E-state index in [1.807, 2.05) is 12.1 Å². The average molecular weight is 615 g/mol. The number of anilines is 1. The molecule has 1 aliphatic heterocycles. The normalized spacial score (nSPS) is 22.2. The predicted molar refractivity (Wildman–Crippen MR) is 159 cm³/mol. The smallest absolute Gasteiger partial charge is 0.306 e. The molecule has 10 nitrogen and oxygen atoms in total. The molecule has 43 heavy (non-hydrogen) atoms. The third kappa shape index (κ3) is 7.00. The van der Waals surface area contributed by atoms with Gasteiger partial charge in [-0.15, -0.1) is 0 Å². The largest absolute Gasteiger partial charge is 0.481 e. The third-order valence-electron chi connectivity index (χ3n) is 8.47. The van der Waals surface area contributed by atoms with Crippen molar-refractivity contribution in [1.82, 2.24) is 14.7 Å². The van der Waals surface area contributed by atoms with Crippen LogP contribution in [-0.4, -0.2) is 76.6 Å². The maximum Gasteiger partial charge on any atom is 0.306 e. The zero-order chi connectivity index (χ0) is 30.7. The number of carbonyl (C=O) groups excluding carboxylic acids is 2. The van der Waals surface area contributed by atoms with Crippen LogP contribution in [0.5, 0.6) is 0 Å². The molecule has 0 unspecified atom stereocenters. The van der Waals surface area contributed by atoms with Gasteiger partial charge in [-0.3, -0.25) is 19.1 Å². The number of amides is 2. The first-order valence-electron chi connectivity index (χ1n) is 14.5. The number of ether oxygens (including phenoxy) is 2. The number of rotatable bonds is 10. The van der Waals surface area contributed by atoms with E-state index in [4.69, 9.17) is 21.1 Å². The Morgan fingerprint density at radius 2 is 1.88 bits per heavy atom. The summed E-state index contributed by atoms with van der Waals surface area (Å²) in [7, 11) is 3.35. The zero-order valence-electron chi connectivity index (χ0n) is 24.2. The fraction of sp³-hybridized carbons (Fsp3) is 0.484. The van der Waals surface area contributed by atoms with Crippen molar-refractivity contribution in [3.63, 3.8) is 0 Å². The second-order valence-corrected chi connectivity index (χ2v) is 11.9. The molecule has 2 fully saturated rings. The van der Waals surface area contributed by atoms with Crippen LogP contribution in [0.2, 0.25) is 5.02 Å². The molecule has 2 aromatic carbocycles. The Hall–Kier alpha value is -3.54. The Bertz CT molecular complexity index is 1500. The minimum Gasteiger partial charge on any atom is -0.481 e. The summed E-state index contributed by atoms with van der Waals surface area (Å²) in [5, 5.41) is 16.9. The summed E-state index contributed by atoms with van der Waals surface area (Å²) in [5.41, 5.74) is 1.18. The van der Waals surface area contributed by atoms with Gasteiger partial charge in [-0.25, -0.2) is 4.39 Å². The molecule has 2 heterocycles. The number of halogens is 2. The van der Waals surface area contributed by atoms with Crippen molar-refractivity contribution < 1.29 is 33.4 Å². The predicted octanol–water partition coefficient (Wildman–Crippen LogP) is 4.68. The summed E-state index contributed by atoms with van der Waals surface area (Å²) in [6.45, 7) is 1.28. The summed E-state index contributed by atoms with van der Waals surface area (Å²) in [5.74, 6) is -2.41. The first-order valence-corrected chi connectivity index (χ1v) is 14.9.